The smallest absolute Gasteiger partial charge is 0.138 e. The van der Waals surface area contributed by atoms with Crippen molar-refractivity contribution in [2.45, 2.75) is 13.0 Å². The topological polar surface area (TPSA) is 40.7 Å². The third kappa shape index (κ3) is 1.61. The zero-order valence-corrected chi connectivity index (χ0v) is 7.21. The Bertz CT molecular complexity index is 365. The maximum atomic E-state index is 12.6. The fourth-order valence-corrected chi connectivity index (χ4v) is 1.22. The van der Waals surface area contributed by atoms with Gasteiger partial charge in [-0.15, -0.1) is 0 Å². The van der Waals surface area contributed by atoms with Crippen LogP contribution in [0.2, 0.25) is 0 Å². The summed E-state index contributed by atoms with van der Waals surface area (Å²) in [7, 11) is 0. The molecular weight excluding hydrogens is 169 g/mol. The molecule has 1 aromatic heterocycles. The molecule has 0 spiro atoms. The van der Waals surface area contributed by atoms with Crippen LogP contribution in [0, 0.1) is 6.92 Å². The Morgan fingerprint density at radius 1 is 1.54 bits per heavy atom. The molecular formula is C9H10FN3. The Labute approximate surface area is 75.4 Å². The zero-order chi connectivity index (χ0) is 9.26. The maximum Gasteiger partial charge on any atom is 0.138 e. The van der Waals surface area contributed by atoms with Crippen LogP contribution in [0.25, 0.3) is 0 Å². The maximum absolute atomic E-state index is 12.6. The van der Waals surface area contributed by atoms with Crippen LogP contribution in [0.5, 0.6) is 0 Å². The number of rotatable bonds is 1. The summed E-state index contributed by atoms with van der Waals surface area (Å²) in [6.07, 6.45) is 6.24. The first-order chi connectivity index (χ1) is 6.25. The predicted octanol–water partition coefficient (Wildman–Crippen LogP) is 1.73. The number of hydrogen-bond donors (Lipinski definition) is 2. The number of halogens is 1. The molecule has 2 N–H and O–H groups in total. The van der Waals surface area contributed by atoms with E-state index in [2.05, 4.69) is 15.3 Å². The summed E-state index contributed by atoms with van der Waals surface area (Å²) in [6, 6.07) is -0.0480. The van der Waals surface area contributed by atoms with E-state index in [4.69, 9.17) is 0 Å². The molecule has 1 atom stereocenters. The third-order valence-electron chi connectivity index (χ3n) is 1.87. The molecule has 0 bridgehead atoms. The summed E-state index contributed by atoms with van der Waals surface area (Å²) in [5.74, 6) is 0.539. The molecule has 0 aliphatic carbocycles. The van der Waals surface area contributed by atoms with Crippen LogP contribution in [-0.4, -0.2) is 9.97 Å². The van der Waals surface area contributed by atoms with E-state index >= 15 is 0 Å². The standard InChI is InChI=1S/C9H10FN3/c1-6-4-12-9(13-6)8-3-2-7(10)5-11-8/h2-5,8,11H,1H3,(H,12,13). The van der Waals surface area contributed by atoms with Gasteiger partial charge in [0.05, 0.1) is 0 Å². The lowest BCUT2D eigenvalue weighted by Crippen LogP contribution is -2.17. The van der Waals surface area contributed by atoms with Crippen molar-refractivity contribution in [1.82, 2.24) is 15.3 Å². The number of hydrogen-bond acceptors (Lipinski definition) is 2. The summed E-state index contributed by atoms with van der Waals surface area (Å²) >= 11 is 0. The van der Waals surface area contributed by atoms with E-state index in [0.717, 1.165) is 11.5 Å². The highest BCUT2D eigenvalue weighted by Crippen LogP contribution is 2.16. The van der Waals surface area contributed by atoms with Gasteiger partial charge < -0.3 is 10.3 Å². The van der Waals surface area contributed by atoms with Crippen molar-refractivity contribution in [3.63, 3.8) is 0 Å². The lowest BCUT2D eigenvalue weighted by atomic mass is 10.2. The van der Waals surface area contributed by atoms with Crippen molar-refractivity contribution in [1.29, 1.82) is 0 Å². The predicted molar refractivity (Wildman–Crippen MR) is 47.5 cm³/mol. The molecule has 68 valence electrons. The van der Waals surface area contributed by atoms with Gasteiger partial charge in [-0.05, 0) is 13.0 Å². The van der Waals surface area contributed by atoms with Gasteiger partial charge in [0.1, 0.15) is 17.7 Å². The second-order valence-electron chi connectivity index (χ2n) is 2.98. The lowest BCUT2D eigenvalue weighted by molar-refractivity contribution is 0.611. The number of nitrogens with one attached hydrogen (secondary N) is 2. The Morgan fingerprint density at radius 3 is 2.92 bits per heavy atom. The minimum absolute atomic E-state index is 0.0480. The van der Waals surface area contributed by atoms with E-state index in [-0.39, 0.29) is 11.9 Å². The third-order valence-corrected chi connectivity index (χ3v) is 1.87. The normalized spacial score (nSPS) is 21.1. The zero-order valence-electron chi connectivity index (χ0n) is 7.21. The Kier molecular flexibility index (Phi) is 1.88. The van der Waals surface area contributed by atoms with E-state index in [0.29, 0.717) is 0 Å². The van der Waals surface area contributed by atoms with Crippen molar-refractivity contribution in [2.24, 2.45) is 0 Å². The van der Waals surface area contributed by atoms with Gasteiger partial charge in [-0.1, -0.05) is 6.08 Å². The van der Waals surface area contributed by atoms with Gasteiger partial charge in [-0.3, -0.25) is 0 Å². The molecule has 0 radical (unpaired) electrons. The molecule has 2 heterocycles. The Morgan fingerprint density at radius 2 is 2.38 bits per heavy atom. The van der Waals surface area contributed by atoms with E-state index in [1.165, 1.54) is 12.3 Å². The monoisotopic (exact) mass is 179 g/mol. The fourth-order valence-electron chi connectivity index (χ4n) is 1.22. The van der Waals surface area contributed by atoms with E-state index < -0.39 is 0 Å². The van der Waals surface area contributed by atoms with Crippen LogP contribution in [-0.2, 0) is 0 Å². The average molecular weight is 179 g/mol. The van der Waals surface area contributed by atoms with Crippen LogP contribution < -0.4 is 5.32 Å². The van der Waals surface area contributed by atoms with Crippen LogP contribution in [0.15, 0.2) is 30.4 Å². The molecule has 1 aliphatic heterocycles. The van der Waals surface area contributed by atoms with Crippen molar-refractivity contribution >= 4 is 0 Å². The highest BCUT2D eigenvalue weighted by Gasteiger charge is 2.12. The summed E-state index contributed by atoms with van der Waals surface area (Å²) in [4.78, 5) is 7.23. The van der Waals surface area contributed by atoms with Crippen molar-refractivity contribution in [3.8, 4) is 0 Å². The molecule has 0 saturated heterocycles. The first kappa shape index (κ1) is 8.04. The van der Waals surface area contributed by atoms with Crippen LogP contribution in [0.4, 0.5) is 4.39 Å². The number of aromatic amines is 1. The van der Waals surface area contributed by atoms with Crippen molar-refractivity contribution in [3.05, 3.63) is 41.9 Å². The highest BCUT2D eigenvalue weighted by molar-refractivity contribution is 5.22. The molecule has 0 saturated carbocycles. The summed E-state index contributed by atoms with van der Waals surface area (Å²) < 4.78 is 12.6. The summed E-state index contributed by atoms with van der Waals surface area (Å²) in [5, 5.41) is 2.88. The van der Waals surface area contributed by atoms with Crippen LogP contribution in [0.1, 0.15) is 17.6 Å². The van der Waals surface area contributed by atoms with E-state index in [9.17, 15) is 4.39 Å². The molecule has 4 heteroatoms. The SMILES string of the molecule is Cc1cnc(C2C=CC(F)=CN2)[nH]1. The molecule has 1 aliphatic rings. The van der Waals surface area contributed by atoms with Crippen LogP contribution >= 0.6 is 0 Å². The summed E-state index contributed by atoms with van der Waals surface area (Å²) in [6.45, 7) is 1.93. The molecule has 2 rings (SSSR count). The second-order valence-corrected chi connectivity index (χ2v) is 2.98. The highest BCUT2D eigenvalue weighted by atomic mass is 19.1. The molecule has 0 aromatic carbocycles. The Balaban J connectivity index is 2.17. The van der Waals surface area contributed by atoms with Crippen molar-refractivity contribution in [2.75, 3.05) is 0 Å². The lowest BCUT2D eigenvalue weighted by Gasteiger charge is -2.13. The number of dihydropyridines is 1. The van der Waals surface area contributed by atoms with Gasteiger partial charge >= 0.3 is 0 Å². The number of imidazole rings is 1. The minimum atomic E-state index is -0.264. The van der Waals surface area contributed by atoms with Gasteiger partial charge in [-0.2, -0.15) is 0 Å². The minimum Gasteiger partial charge on any atom is -0.376 e. The number of H-pyrrole nitrogens is 1. The molecule has 13 heavy (non-hydrogen) atoms. The van der Waals surface area contributed by atoms with Gasteiger partial charge in [0.15, 0.2) is 0 Å². The average Bonchev–Trinajstić information content (AvgIpc) is 2.53. The molecule has 0 amide bonds. The first-order valence-electron chi connectivity index (χ1n) is 4.07. The van der Waals surface area contributed by atoms with E-state index in [1.54, 1.807) is 12.3 Å². The molecule has 1 unspecified atom stereocenters. The largest absolute Gasteiger partial charge is 0.376 e. The first-order valence-corrected chi connectivity index (χ1v) is 4.07. The Hall–Kier alpha value is -1.58. The number of allylic oxidation sites excluding steroid dienone is 2. The fraction of sp³-hybridized carbons (Fsp3) is 0.222. The van der Waals surface area contributed by atoms with Gasteiger partial charge in [-0.25, -0.2) is 9.37 Å². The van der Waals surface area contributed by atoms with Gasteiger partial charge in [0.2, 0.25) is 0 Å². The number of aryl methyl sites for hydroxylation is 1. The van der Waals surface area contributed by atoms with Crippen molar-refractivity contribution < 1.29 is 4.39 Å². The number of aromatic nitrogens is 2. The molecule has 0 fully saturated rings. The van der Waals surface area contributed by atoms with E-state index in [1.807, 2.05) is 6.92 Å². The quantitative estimate of drug-likeness (QED) is 0.689. The molecule has 1 aromatic rings. The van der Waals surface area contributed by atoms with Gasteiger partial charge in [0, 0.05) is 18.1 Å². The number of nitrogens with zero attached hydrogens (tertiary/aromatic N) is 1. The van der Waals surface area contributed by atoms with Crippen LogP contribution in [0.3, 0.4) is 0 Å². The molecule has 3 nitrogen and oxygen atoms in total. The summed E-state index contributed by atoms with van der Waals surface area (Å²) in [5.41, 5.74) is 1.00. The second kappa shape index (κ2) is 3.05. The van der Waals surface area contributed by atoms with Gasteiger partial charge in [0.25, 0.3) is 0 Å².